The summed E-state index contributed by atoms with van der Waals surface area (Å²) >= 11 is 2.14. The largest absolute Gasteiger partial charge is 0.354 e. The molecule has 2 aromatic rings. The highest BCUT2D eigenvalue weighted by molar-refractivity contribution is 14.1. The molecule has 7 nitrogen and oxygen atoms in total. The van der Waals surface area contributed by atoms with Crippen molar-refractivity contribution in [2.75, 3.05) is 23.7 Å². The molecule has 0 unspecified atom stereocenters. The van der Waals surface area contributed by atoms with Gasteiger partial charge in [0, 0.05) is 16.7 Å². The van der Waals surface area contributed by atoms with Crippen LogP contribution in [0.1, 0.15) is 44.2 Å². The van der Waals surface area contributed by atoms with E-state index in [0.29, 0.717) is 18.7 Å². The molecule has 0 saturated carbocycles. The van der Waals surface area contributed by atoms with Crippen LogP contribution in [0.4, 0.5) is 5.69 Å². The third kappa shape index (κ3) is 7.97. The number of sulfonamides is 1. The van der Waals surface area contributed by atoms with Crippen molar-refractivity contribution >= 4 is 50.1 Å². The molecule has 2 rings (SSSR count). The highest BCUT2D eigenvalue weighted by atomic mass is 127. The zero-order valence-corrected chi connectivity index (χ0v) is 23.2. The number of hydrogen-bond donors (Lipinski definition) is 1. The van der Waals surface area contributed by atoms with Crippen LogP contribution in [-0.4, -0.2) is 50.5 Å². The van der Waals surface area contributed by atoms with Crippen LogP contribution in [-0.2, 0) is 26.2 Å². The summed E-state index contributed by atoms with van der Waals surface area (Å²) in [6.45, 7) is 6.22. The van der Waals surface area contributed by atoms with E-state index >= 15 is 0 Å². The first-order valence-electron chi connectivity index (χ1n) is 11.4. The van der Waals surface area contributed by atoms with E-state index < -0.39 is 22.0 Å². The SMILES string of the molecule is CCCCNC(=O)[C@@H](CC)N(Cc1ccccc1C)C(=O)CN(c1ccc(I)cc1)S(C)(=O)=O. The number of halogens is 1. The van der Waals surface area contributed by atoms with Crippen molar-refractivity contribution in [1.29, 1.82) is 0 Å². The Morgan fingerprint density at radius 1 is 1.06 bits per heavy atom. The molecule has 0 radical (unpaired) electrons. The van der Waals surface area contributed by atoms with E-state index in [-0.39, 0.29) is 19.0 Å². The van der Waals surface area contributed by atoms with Gasteiger partial charge >= 0.3 is 0 Å². The van der Waals surface area contributed by atoms with Gasteiger partial charge in [0.1, 0.15) is 12.6 Å². The fourth-order valence-electron chi connectivity index (χ4n) is 3.62. The van der Waals surface area contributed by atoms with E-state index in [1.165, 1.54) is 4.90 Å². The zero-order valence-electron chi connectivity index (χ0n) is 20.3. The van der Waals surface area contributed by atoms with Crippen LogP contribution >= 0.6 is 22.6 Å². The smallest absolute Gasteiger partial charge is 0.244 e. The molecule has 9 heteroatoms. The molecule has 0 aliphatic heterocycles. The molecule has 0 saturated heterocycles. The highest BCUT2D eigenvalue weighted by Gasteiger charge is 2.31. The van der Waals surface area contributed by atoms with E-state index in [9.17, 15) is 18.0 Å². The minimum atomic E-state index is -3.73. The summed E-state index contributed by atoms with van der Waals surface area (Å²) in [6, 6.07) is 13.9. The molecule has 0 spiro atoms. The molecule has 0 aromatic heterocycles. The standard InChI is InChI=1S/C25H34IN3O4S/c1-5-7-16-27-25(31)23(6-2)28(17-20-11-9-8-10-19(20)3)24(30)18-29(34(4,32)33)22-14-12-21(26)13-15-22/h8-15,23H,5-7,16-18H2,1-4H3,(H,27,31)/t23-/m1/s1. The van der Waals surface area contributed by atoms with Gasteiger partial charge in [-0.2, -0.15) is 0 Å². The number of nitrogens with zero attached hydrogens (tertiary/aromatic N) is 2. The van der Waals surface area contributed by atoms with E-state index in [1.807, 2.05) is 45.0 Å². The van der Waals surface area contributed by atoms with Gasteiger partial charge in [-0.3, -0.25) is 13.9 Å². The number of amides is 2. The first kappa shape index (κ1) is 28.1. The van der Waals surface area contributed by atoms with Crippen LogP contribution in [0.5, 0.6) is 0 Å². The van der Waals surface area contributed by atoms with E-state index in [0.717, 1.165) is 38.1 Å². The lowest BCUT2D eigenvalue weighted by Crippen LogP contribution is -2.52. The quantitative estimate of drug-likeness (QED) is 0.294. The number of aryl methyl sites for hydroxylation is 1. The lowest BCUT2D eigenvalue weighted by atomic mass is 10.1. The Kier molecular flexibility index (Phi) is 10.8. The zero-order chi connectivity index (χ0) is 25.3. The molecule has 1 atom stereocenters. The average molecular weight is 600 g/mol. The number of carbonyl (C=O) groups excluding carboxylic acids is 2. The van der Waals surface area contributed by atoms with Gasteiger partial charge < -0.3 is 10.2 Å². The first-order valence-corrected chi connectivity index (χ1v) is 14.4. The van der Waals surface area contributed by atoms with Crippen molar-refractivity contribution in [3.05, 3.63) is 63.2 Å². The number of anilines is 1. The van der Waals surface area contributed by atoms with Gasteiger partial charge in [0.05, 0.1) is 11.9 Å². The lowest BCUT2D eigenvalue weighted by Gasteiger charge is -2.33. The van der Waals surface area contributed by atoms with Crippen LogP contribution in [0.3, 0.4) is 0 Å². The molecule has 34 heavy (non-hydrogen) atoms. The number of nitrogens with one attached hydrogen (secondary N) is 1. The molecule has 186 valence electrons. The second-order valence-corrected chi connectivity index (χ2v) is 11.4. The number of benzene rings is 2. The lowest BCUT2D eigenvalue weighted by molar-refractivity contribution is -0.140. The summed E-state index contributed by atoms with van der Waals surface area (Å²) in [6.07, 6.45) is 3.29. The molecule has 0 fully saturated rings. The topological polar surface area (TPSA) is 86.8 Å². The summed E-state index contributed by atoms with van der Waals surface area (Å²) in [5, 5.41) is 2.93. The molecular formula is C25H34IN3O4S. The van der Waals surface area contributed by atoms with E-state index in [2.05, 4.69) is 27.9 Å². The second kappa shape index (κ2) is 13.1. The summed E-state index contributed by atoms with van der Waals surface area (Å²) in [5.41, 5.74) is 2.32. The van der Waals surface area contributed by atoms with Gasteiger partial charge in [-0.05, 0) is 77.7 Å². The summed E-state index contributed by atoms with van der Waals surface area (Å²) < 4.78 is 27.3. The molecular weight excluding hydrogens is 565 g/mol. The van der Waals surface area contributed by atoms with E-state index in [4.69, 9.17) is 0 Å². The van der Waals surface area contributed by atoms with Gasteiger partial charge in [0.25, 0.3) is 0 Å². The van der Waals surface area contributed by atoms with Crippen molar-refractivity contribution in [3.8, 4) is 0 Å². The molecule has 0 heterocycles. The van der Waals surface area contributed by atoms with Crippen LogP contribution in [0.15, 0.2) is 48.5 Å². The minimum Gasteiger partial charge on any atom is -0.354 e. The Morgan fingerprint density at radius 3 is 2.26 bits per heavy atom. The van der Waals surface area contributed by atoms with Crippen LogP contribution < -0.4 is 9.62 Å². The maximum Gasteiger partial charge on any atom is 0.244 e. The Bertz CT molecular complexity index is 1070. The molecule has 0 bridgehead atoms. The van der Waals surface area contributed by atoms with Gasteiger partial charge in [0.2, 0.25) is 21.8 Å². The van der Waals surface area contributed by atoms with Crippen LogP contribution in [0, 0.1) is 10.5 Å². The van der Waals surface area contributed by atoms with Crippen molar-refractivity contribution < 1.29 is 18.0 Å². The maximum atomic E-state index is 13.6. The molecule has 2 aromatic carbocycles. The van der Waals surface area contributed by atoms with Crippen LogP contribution in [0.25, 0.3) is 0 Å². The third-order valence-electron chi connectivity index (χ3n) is 5.61. The Morgan fingerprint density at radius 2 is 1.71 bits per heavy atom. The van der Waals surface area contributed by atoms with Gasteiger partial charge in [0.15, 0.2) is 0 Å². The Hall–Kier alpha value is -2.14. The van der Waals surface area contributed by atoms with Crippen molar-refractivity contribution in [1.82, 2.24) is 10.2 Å². The van der Waals surface area contributed by atoms with Crippen molar-refractivity contribution in [2.45, 2.75) is 52.6 Å². The fraction of sp³-hybridized carbons (Fsp3) is 0.440. The number of hydrogen-bond acceptors (Lipinski definition) is 4. The van der Waals surface area contributed by atoms with E-state index in [1.54, 1.807) is 24.3 Å². The van der Waals surface area contributed by atoms with Crippen molar-refractivity contribution in [3.63, 3.8) is 0 Å². The normalized spacial score (nSPS) is 12.1. The summed E-state index contributed by atoms with van der Waals surface area (Å²) in [4.78, 5) is 28.2. The Balaban J connectivity index is 2.40. The summed E-state index contributed by atoms with van der Waals surface area (Å²) in [5.74, 6) is -0.650. The highest BCUT2D eigenvalue weighted by Crippen LogP contribution is 2.21. The maximum absolute atomic E-state index is 13.6. The Labute approximate surface area is 217 Å². The summed E-state index contributed by atoms with van der Waals surface area (Å²) in [7, 11) is -3.73. The number of rotatable bonds is 12. The molecule has 0 aliphatic carbocycles. The molecule has 1 N–H and O–H groups in total. The molecule has 2 amide bonds. The van der Waals surface area contributed by atoms with Gasteiger partial charge in [-0.25, -0.2) is 8.42 Å². The van der Waals surface area contributed by atoms with Gasteiger partial charge in [-0.1, -0.05) is 44.5 Å². The first-order chi connectivity index (χ1) is 16.1. The number of carbonyl (C=O) groups is 2. The monoisotopic (exact) mass is 599 g/mol. The van der Waals surface area contributed by atoms with Gasteiger partial charge in [-0.15, -0.1) is 0 Å². The average Bonchev–Trinajstić information content (AvgIpc) is 2.78. The van der Waals surface area contributed by atoms with Crippen LogP contribution in [0.2, 0.25) is 0 Å². The predicted molar refractivity (Wildman–Crippen MR) is 145 cm³/mol. The predicted octanol–water partition coefficient (Wildman–Crippen LogP) is 4.09. The molecule has 0 aliphatic rings. The fourth-order valence-corrected chi connectivity index (χ4v) is 4.83. The van der Waals surface area contributed by atoms with Crippen molar-refractivity contribution in [2.24, 2.45) is 0 Å². The minimum absolute atomic E-state index is 0.218. The number of unbranched alkanes of at least 4 members (excludes halogenated alkanes) is 1. The second-order valence-electron chi connectivity index (χ2n) is 8.26. The third-order valence-corrected chi connectivity index (χ3v) is 7.47.